The minimum absolute atomic E-state index is 0.241. The van der Waals surface area contributed by atoms with Gasteiger partial charge in [-0.3, -0.25) is 0 Å². The molecule has 0 radical (unpaired) electrons. The molecule has 1 aromatic carbocycles. The van der Waals surface area contributed by atoms with E-state index in [0.717, 1.165) is 30.0 Å². The summed E-state index contributed by atoms with van der Waals surface area (Å²) in [5.74, 6) is 0.848. The Morgan fingerprint density at radius 1 is 1.37 bits per heavy atom. The summed E-state index contributed by atoms with van der Waals surface area (Å²) in [5.41, 5.74) is 7.53. The predicted molar refractivity (Wildman–Crippen MR) is 75.3 cm³/mol. The number of ether oxygens (including phenoxy) is 3. The number of nitrogen functional groups attached to an aromatic ring is 1. The smallest absolute Gasteiger partial charge is 0.124 e. The summed E-state index contributed by atoms with van der Waals surface area (Å²) < 4.78 is 16.9. The van der Waals surface area contributed by atoms with Crippen LogP contribution < -0.4 is 10.5 Å². The maximum atomic E-state index is 5.80. The summed E-state index contributed by atoms with van der Waals surface area (Å²) >= 11 is 0. The first-order valence-electron chi connectivity index (χ1n) is 7.00. The van der Waals surface area contributed by atoms with Crippen LogP contribution in [0.15, 0.2) is 18.2 Å². The van der Waals surface area contributed by atoms with Gasteiger partial charge in [-0.1, -0.05) is 0 Å². The molecule has 1 aliphatic heterocycles. The fourth-order valence-electron chi connectivity index (χ4n) is 2.25. The Kier molecular flexibility index (Phi) is 5.48. The molecule has 1 aromatic rings. The van der Waals surface area contributed by atoms with Crippen LogP contribution in [-0.4, -0.2) is 25.9 Å². The van der Waals surface area contributed by atoms with Crippen molar-refractivity contribution in [2.24, 2.45) is 0 Å². The molecule has 1 unspecified atom stereocenters. The number of nitrogens with two attached hydrogens (primary N) is 1. The molecule has 1 atom stereocenters. The Bertz CT molecular complexity index is 389. The first-order valence-corrected chi connectivity index (χ1v) is 7.00. The maximum Gasteiger partial charge on any atom is 0.124 e. The van der Waals surface area contributed by atoms with Crippen molar-refractivity contribution in [3.63, 3.8) is 0 Å². The van der Waals surface area contributed by atoms with E-state index in [1.165, 1.54) is 12.8 Å². The van der Waals surface area contributed by atoms with Crippen LogP contribution in [0.2, 0.25) is 0 Å². The molecule has 1 heterocycles. The monoisotopic (exact) mass is 265 g/mol. The highest BCUT2D eigenvalue weighted by atomic mass is 16.5. The summed E-state index contributed by atoms with van der Waals surface area (Å²) in [7, 11) is 0. The van der Waals surface area contributed by atoms with Crippen molar-refractivity contribution in [3.05, 3.63) is 23.8 Å². The van der Waals surface area contributed by atoms with E-state index in [-0.39, 0.29) is 6.10 Å². The van der Waals surface area contributed by atoms with Crippen LogP contribution in [-0.2, 0) is 16.1 Å². The van der Waals surface area contributed by atoms with E-state index in [4.69, 9.17) is 19.9 Å². The van der Waals surface area contributed by atoms with Crippen LogP contribution in [0.3, 0.4) is 0 Å². The Morgan fingerprint density at radius 3 is 3.00 bits per heavy atom. The number of hydrogen-bond acceptors (Lipinski definition) is 4. The minimum atomic E-state index is 0.241. The molecule has 4 heteroatoms. The van der Waals surface area contributed by atoms with Crippen LogP contribution >= 0.6 is 0 Å². The van der Waals surface area contributed by atoms with E-state index >= 15 is 0 Å². The predicted octanol–water partition coefficient (Wildman–Crippen LogP) is 2.75. The van der Waals surface area contributed by atoms with Crippen LogP contribution in [0.5, 0.6) is 5.75 Å². The molecular formula is C15H23NO3. The molecule has 0 spiro atoms. The van der Waals surface area contributed by atoms with E-state index < -0.39 is 0 Å². The molecule has 106 valence electrons. The van der Waals surface area contributed by atoms with Crippen molar-refractivity contribution in [1.82, 2.24) is 0 Å². The zero-order valence-electron chi connectivity index (χ0n) is 11.6. The Morgan fingerprint density at radius 2 is 2.26 bits per heavy atom. The molecule has 0 bridgehead atoms. The highest BCUT2D eigenvalue weighted by Crippen LogP contribution is 2.23. The van der Waals surface area contributed by atoms with Crippen molar-refractivity contribution in [3.8, 4) is 5.75 Å². The van der Waals surface area contributed by atoms with E-state index in [1.807, 2.05) is 25.1 Å². The zero-order valence-corrected chi connectivity index (χ0v) is 11.6. The summed E-state index contributed by atoms with van der Waals surface area (Å²) in [6.07, 6.45) is 3.73. The average Bonchev–Trinajstić information content (AvgIpc) is 2.43. The Balaban J connectivity index is 1.85. The molecule has 1 aliphatic rings. The molecule has 1 fully saturated rings. The summed E-state index contributed by atoms with van der Waals surface area (Å²) in [5, 5.41) is 0. The lowest BCUT2D eigenvalue weighted by atomic mass is 10.1. The van der Waals surface area contributed by atoms with Crippen molar-refractivity contribution in [2.75, 3.05) is 25.6 Å². The van der Waals surface area contributed by atoms with E-state index in [0.29, 0.717) is 19.8 Å². The molecule has 2 N–H and O–H groups in total. The third kappa shape index (κ3) is 4.40. The summed E-state index contributed by atoms with van der Waals surface area (Å²) in [6.45, 7) is 4.62. The van der Waals surface area contributed by atoms with Gasteiger partial charge in [0.15, 0.2) is 0 Å². The Labute approximate surface area is 114 Å². The fraction of sp³-hybridized carbons (Fsp3) is 0.600. The van der Waals surface area contributed by atoms with Gasteiger partial charge in [0.1, 0.15) is 5.75 Å². The lowest BCUT2D eigenvalue weighted by molar-refractivity contribution is -0.0450. The van der Waals surface area contributed by atoms with Gasteiger partial charge in [0.05, 0.1) is 25.9 Å². The van der Waals surface area contributed by atoms with Gasteiger partial charge < -0.3 is 19.9 Å². The van der Waals surface area contributed by atoms with Crippen LogP contribution in [0.1, 0.15) is 31.7 Å². The summed E-state index contributed by atoms with van der Waals surface area (Å²) in [6, 6.07) is 5.65. The summed E-state index contributed by atoms with van der Waals surface area (Å²) in [4.78, 5) is 0. The SMILES string of the molecule is CCOc1ccc(N)cc1COCC1CCCCO1. The molecule has 1 saturated heterocycles. The third-order valence-corrected chi connectivity index (χ3v) is 3.22. The Hall–Kier alpha value is -1.26. The van der Waals surface area contributed by atoms with Gasteiger partial charge in [-0.2, -0.15) is 0 Å². The topological polar surface area (TPSA) is 53.7 Å². The lowest BCUT2D eigenvalue weighted by Gasteiger charge is -2.22. The minimum Gasteiger partial charge on any atom is -0.494 e. The highest BCUT2D eigenvalue weighted by molar-refractivity contribution is 5.47. The normalized spacial score (nSPS) is 19.3. The molecule has 0 aromatic heterocycles. The highest BCUT2D eigenvalue weighted by Gasteiger charge is 2.14. The van der Waals surface area contributed by atoms with Gasteiger partial charge >= 0.3 is 0 Å². The van der Waals surface area contributed by atoms with Gasteiger partial charge in [-0.25, -0.2) is 0 Å². The van der Waals surface area contributed by atoms with Crippen LogP contribution in [0.4, 0.5) is 5.69 Å². The van der Waals surface area contributed by atoms with E-state index in [2.05, 4.69) is 0 Å². The molecule has 0 aliphatic carbocycles. The fourth-order valence-corrected chi connectivity index (χ4v) is 2.25. The molecule has 0 saturated carbocycles. The average molecular weight is 265 g/mol. The van der Waals surface area contributed by atoms with Gasteiger partial charge in [-0.05, 0) is 44.4 Å². The van der Waals surface area contributed by atoms with Gasteiger partial charge in [0.2, 0.25) is 0 Å². The number of benzene rings is 1. The van der Waals surface area contributed by atoms with Crippen LogP contribution in [0, 0.1) is 0 Å². The van der Waals surface area contributed by atoms with Crippen LogP contribution in [0.25, 0.3) is 0 Å². The van der Waals surface area contributed by atoms with Gasteiger partial charge in [0, 0.05) is 17.9 Å². The second-order valence-corrected chi connectivity index (χ2v) is 4.80. The largest absolute Gasteiger partial charge is 0.494 e. The first kappa shape index (κ1) is 14.2. The quantitative estimate of drug-likeness (QED) is 0.804. The van der Waals surface area contributed by atoms with Crippen molar-refractivity contribution < 1.29 is 14.2 Å². The van der Waals surface area contributed by atoms with Crippen molar-refractivity contribution in [2.45, 2.75) is 38.9 Å². The number of hydrogen-bond donors (Lipinski definition) is 1. The molecule has 4 nitrogen and oxygen atoms in total. The molecular weight excluding hydrogens is 242 g/mol. The standard InChI is InChI=1S/C15H23NO3/c1-2-18-15-7-6-13(16)9-12(15)10-17-11-14-5-3-4-8-19-14/h6-7,9,14H,2-5,8,10-11,16H2,1H3. The second-order valence-electron chi connectivity index (χ2n) is 4.80. The number of anilines is 1. The van der Waals surface area contributed by atoms with E-state index in [1.54, 1.807) is 0 Å². The maximum absolute atomic E-state index is 5.80. The zero-order chi connectivity index (χ0) is 13.5. The second kappa shape index (κ2) is 7.36. The third-order valence-electron chi connectivity index (χ3n) is 3.22. The van der Waals surface area contributed by atoms with E-state index in [9.17, 15) is 0 Å². The molecule has 2 rings (SSSR count). The van der Waals surface area contributed by atoms with Crippen molar-refractivity contribution in [1.29, 1.82) is 0 Å². The van der Waals surface area contributed by atoms with Gasteiger partial charge in [0.25, 0.3) is 0 Å². The van der Waals surface area contributed by atoms with Gasteiger partial charge in [-0.15, -0.1) is 0 Å². The van der Waals surface area contributed by atoms with Crippen molar-refractivity contribution >= 4 is 5.69 Å². The molecule has 19 heavy (non-hydrogen) atoms. The number of rotatable bonds is 6. The lowest BCUT2D eigenvalue weighted by Crippen LogP contribution is -2.24. The first-order chi connectivity index (χ1) is 9.29. The molecule has 0 amide bonds.